The summed E-state index contributed by atoms with van der Waals surface area (Å²) in [6.45, 7) is 32.6. The number of Topliss-reactive ketones (excluding diaryl/α,β-unsaturated/α-hetero) is 1. The molecule has 8 N–H and O–H groups in total. The molecule has 0 radical (unpaired) electrons. The summed E-state index contributed by atoms with van der Waals surface area (Å²) in [7, 11) is -1.00. The number of hydrogen-bond acceptors (Lipinski definition) is 12. The van der Waals surface area contributed by atoms with Crippen LogP contribution in [0, 0.1) is 0 Å². The zero-order valence-electron chi connectivity index (χ0n) is 51.8. The number of carbonyl (C=O) groups is 3. The summed E-state index contributed by atoms with van der Waals surface area (Å²) in [5.41, 5.74) is 21.4. The van der Waals surface area contributed by atoms with Crippen molar-refractivity contribution in [2.75, 3.05) is 29.2 Å². The fraction of sp³-hybridized carbons (Fsp3) is 0.277. The molecule has 0 bridgehead atoms. The molecule has 7 rings (SSSR count). The van der Waals surface area contributed by atoms with Crippen LogP contribution in [0.2, 0.25) is 0 Å². The molecule has 0 heterocycles. The van der Waals surface area contributed by atoms with E-state index in [1.165, 1.54) is 0 Å². The Morgan fingerprint density at radius 3 is 0.938 bits per heavy atom. The van der Waals surface area contributed by atoms with Gasteiger partial charge in [0.25, 0.3) is 5.97 Å². The number of carboxylic acids is 1. The van der Waals surface area contributed by atoms with Crippen molar-refractivity contribution in [1.82, 2.24) is 0 Å². The largest absolute Gasteiger partial charge is 0.255 e. The molecule has 0 atom stereocenters. The van der Waals surface area contributed by atoms with Gasteiger partial charge in [-0.2, -0.15) is 10.2 Å². The molecule has 0 spiro atoms. The number of alkyl halides is 1. The van der Waals surface area contributed by atoms with E-state index in [1.54, 1.807) is 6.92 Å². The molecular weight excluding hydrogens is 1070 g/mol. The van der Waals surface area contributed by atoms with Crippen molar-refractivity contribution in [3.05, 3.63) is 229 Å². The number of anilines is 4. The number of nitrogens with one attached hydrogen (secondary N) is 3. The quantitative estimate of drug-likeness (QED) is 0.0152. The van der Waals surface area contributed by atoms with Gasteiger partial charge in [0.2, 0.25) is 0 Å². The maximum atomic E-state index is 11.0. The summed E-state index contributed by atoms with van der Waals surface area (Å²) in [6, 6.07) is 67.2. The van der Waals surface area contributed by atoms with E-state index in [2.05, 4.69) is 26.5 Å². The molecule has 0 aliphatic rings. The second-order valence-electron chi connectivity index (χ2n) is 12.4. The third-order valence-electron chi connectivity index (χ3n) is 7.50. The first kappa shape index (κ1) is 85.8. The number of nitrogens with zero attached hydrogens (tertiary/aromatic N) is 2. The number of nitrogen functional groups attached to an aromatic ring is 2. The number of halogens is 1. The smallest absolute Gasteiger partial charge is 0.0785 e. The number of ketones is 1. The number of para-hydroxylation sites is 4. The standard InChI is InChI=1S/C14H12N2O.C14H14N2.C8H8O.C6H8N2.C6H7N.C2H4O2.7C2H6.CH3F.O2Se/c17-11-14(12-7-3-1-4-8-12)16-15-13-9-5-2-6-10-13;1-12(13-8-4-2-5-9-13)15-16-14-10-6-3-7-11-14;1-7(9)8-5-3-2-4-6-8;7-8-6-4-2-1-3-5-6;7-6-4-2-1-3-5-6;1-2(3)4;8*1-2;1-3-2/h1-11,15H;2-11,16H,1H3;2-6H,1H3;1-5,8H,7H2;1-5H,7H2;1H3,(H,3,4);7*1-2H3;1H3;/b16-14-;15-12-;;;;;;;;;;;;;/i;;;;;;;;;;;;;1D;. The molecule has 0 amide bonds. The number of hydrazine groups is 1. The van der Waals surface area contributed by atoms with Gasteiger partial charge in [0.15, 0.2) is 12.1 Å². The van der Waals surface area contributed by atoms with E-state index >= 15 is 0 Å². The fourth-order valence-corrected chi connectivity index (χ4v) is 4.47. The van der Waals surface area contributed by atoms with E-state index in [1.807, 2.05) is 316 Å². The van der Waals surface area contributed by atoms with Crippen LogP contribution >= 0.6 is 0 Å². The molecule has 80 heavy (non-hydrogen) atoms. The van der Waals surface area contributed by atoms with E-state index in [4.69, 9.17) is 30.5 Å². The molecule has 0 saturated heterocycles. The van der Waals surface area contributed by atoms with E-state index < -0.39 is 27.9 Å². The van der Waals surface area contributed by atoms with E-state index in [0.717, 1.165) is 58.4 Å². The van der Waals surface area contributed by atoms with E-state index in [9.17, 15) is 14.0 Å². The minimum absolute atomic E-state index is 0.121. The monoisotopic (exact) mass is 1170 g/mol. The maximum absolute atomic E-state index is 11.0. The van der Waals surface area contributed by atoms with Crippen LogP contribution in [0.15, 0.2) is 223 Å². The maximum Gasteiger partial charge on any atom is 0.0785 e. The first-order valence-electron chi connectivity index (χ1n) is 27.3. The second kappa shape index (κ2) is 77.4. The molecule has 0 saturated carbocycles. The predicted octanol–water partition coefficient (Wildman–Crippen LogP) is 17.6. The molecule has 15 heteroatoms. The molecular formula is C65H98FN7O6Se. The van der Waals surface area contributed by atoms with Gasteiger partial charge in [-0.3, -0.25) is 35.5 Å². The van der Waals surface area contributed by atoms with E-state index in [0.29, 0.717) is 5.71 Å². The zero-order valence-corrected chi connectivity index (χ0v) is 52.5. The Morgan fingerprint density at radius 2 is 0.713 bits per heavy atom. The van der Waals surface area contributed by atoms with Crippen molar-refractivity contribution >= 4 is 67.0 Å². The van der Waals surface area contributed by atoms with Crippen molar-refractivity contribution in [3.63, 3.8) is 0 Å². The summed E-state index contributed by atoms with van der Waals surface area (Å²) in [6.07, 6.45) is 0.741. The number of hydrogen-bond donors (Lipinski definition) is 6. The van der Waals surface area contributed by atoms with Gasteiger partial charge in [0.05, 0.1) is 25.6 Å². The first-order chi connectivity index (χ1) is 39.4. The summed E-state index contributed by atoms with van der Waals surface area (Å²) >= 11 is -1.62. The van der Waals surface area contributed by atoms with Crippen LogP contribution in [0.3, 0.4) is 0 Å². The number of hydrazone groups is 2. The molecule has 442 valence electrons. The number of rotatable bonds is 9. The van der Waals surface area contributed by atoms with Gasteiger partial charge in [-0.15, -0.1) is 0 Å². The molecule has 0 aliphatic carbocycles. The molecule has 0 unspecified atom stereocenters. The third kappa shape index (κ3) is 60.8. The molecule has 13 nitrogen and oxygen atoms in total. The van der Waals surface area contributed by atoms with Gasteiger partial charge in [-0.1, -0.05) is 261 Å². The van der Waals surface area contributed by atoms with Crippen molar-refractivity contribution in [1.29, 1.82) is 0 Å². The number of benzene rings is 7. The Hall–Kier alpha value is -8.10. The number of aliphatic carboxylic acids is 1. The van der Waals surface area contributed by atoms with Crippen molar-refractivity contribution in [2.24, 2.45) is 16.0 Å². The van der Waals surface area contributed by atoms with Crippen LogP contribution in [-0.4, -0.2) is 56.5 Å². The Labute approximate surface area is 489 Å². The predicted molar refractivity (Wildman–Crippen MR) is 346 cm³/mol. The molecule has 0 aromatic heterocycles. The molecule has 0 aliphatic heterocycles. The summed E-state index contributed by atoms with van der Waals surface area (Å²) in [5.74, 6) is 4.39. The van der Waals surface area contributed by atoms with Crippen LogP contribution in [0.25, 0.3) is 0 Å². The van der Waals surface area contributed by atoms with Crippen LogP contribution in [0.5, 0.6) is 0 Å². The van der Waals surface area contributed by atoms with Crippen LogP contribution < -0.4 is 27.9 Å². The Bertz CT molecular complexity index is 2410. The molecule has 7 aromatic rings. The van der Waals surface area contributed by atoms with Crippen LogP contribution in [-0.2, 0) is 17.3 Å². The van der Waals surface area contributed by atoms with Gasteiger partial charge >= 0.3 is 22.5 Å². The fourth-order valence-electron chi connectivity index (χ4n) is 4.47. The zero-order chi connectivity index (χ0) is 63.8. The van der Waals surface area contributed by atoms with Gasteiger partial charge < -0.3 is 16.3 Å². The normalized spacial score (nSPS) is 8.41. The molecule has 7 aromatic carbocycles. The molecule has 0 fully saturated rings. The number of carboxylic acid groups (broad SMARTS) is 1. The Kier molecular flexibility index (Phi) is 83.0. The average Bonchev–Trinajstić information content (AvgIpc) is 3.54. The minimum atomic E-state index is -1.62. The topological polar surface area (TPSA) is 218 Å². The van der Waals surface area contributed by atoms with Crippen molar-refractivity contribution < 1.29 is 32.9 Å². The summed E-state index contributed by atoms with van der Waals surface area (Å²) < 4.78 is 32.4. The number of aldehydes is 1. The number of carbonyl (C=O) groups excluding carboxylic acids is 2. The van der Waals surface area contributed by atoms with Crippen LogP contribution in [0.4, 0.5) is 27.1 Å². The van der Waals surface area contributed by atoms with Gasteiger partial charge in [-0.05, 0) is 67.9 Å². The average molecular weight is 1170 g/mol. The van der Waals surface area contributed by atoms with Crippen LogP contribution in [0.1, 0.15) is 141 Å². The first-order valence-corrected chi connectivity index (χ1v) is 28.0. The Balaban J connectivity index is -0.000000128. The Morgan fingerprint density at radius 1 is 0.475 bits per heavy atom. The van der Waals surface area contributed by atoms with Gasteiger partial charge in [0, 0.05) is 29.4 Å². The van der Waals surface area contributed by atoms with Crippen molar-refractivity contribution in [3.8, 4) is 0 Å². The minimum Gasteiger partial charge on any atom is -0.255 e. The summed E-state index contributed by atoms with van der Waals surface area (Å²) in [4.78, 5) is 30.6. The van der Waals surface area contributed by atoms with E-state index in [-0.39, 0.29) is 5.78 Å². The van der Waals surface area contributed by atoms with Gasteiger partial charge in [-0.25, -0.2) is 0 Å². The SMILES string of the molecule is C/C(=N/Nc1ccccc1)c1ccccc1.CC.CC.CC.CC.CC.CC.CC.CC(=O)O.CC(=O)c1ccccc1.NNc1ccccc1.Nc1ccccc1.O=C/C(=N/Nc1ccccc1)c1ccccc1.O=[Se]=O.[2H]CF. The van der Waals surface area contributed by atoms with Gasteiger partial charge in [0.1, 0.15) is 5.71 Å². The van der Waals surface area contributed by atoms with Crippen molar-refractivity contribution in [2.45, 2.75) is 118 Å². The number of nitrogens with two attached hydrogens (primary N) is 2. The summed E-state index contributed by atoms with van der Waals surface area (Å²) in [5, 5.41) is 15.8. The second-order valence-corrected chi connectivity index (χ2v) is 12.7. The third-order valence-corrected chi connectivity index (χ3v) is 7.50.